The normalized spacial score (nSPS) is 12.4. The summed E-state index contributed by atoms with van der Waals surface area (Å²) in [5.41, 5.74) is 2.26. The zero-order valence-electron chi connectivity index (χ0n) is 13.1. The van der Waals surface area contributed by atoms with Gasteiger partial charge < -0.3 is 15.4 Å². The molecule has 2 aromatic carbocycles. The maximum Gasteiger partial charge on any atom is 0.252 e. The summed E-state index contributed by atoms with van der Waals surface area (Å²) in [4.78, 5) is 12.4. The Morgan fingerprint density at radius 2 is 1.62 bits per heavy atom. The highest BCUT2D eigenvalue weighted by atomic mass is 35.6. The van der Waals surface area contributed by atoms with Crippen molar-refractivity contribution >= 4 is 46.4 Å². The molecule has 1 atom stereocenters. The highest BCUT2D eigenvalue weighted by Gasteiger charge is 2.34. The number of anilines is 1. The number of benzene rings is 2. The van der Waals surface area contributed by atoms with Crippen LogP contribution in [0.2, 0.25) is 0 Å². The second-order valence-corrected chi connectivity index (χ2v) is 7.56. The maximum atomic E-state index is 12.4. The van der Waals surface area contributed by atoms with Crippen molar-refractivity contribution < 1.29 is 9.53 Å². The Balaban J connectivity index is 2.13. The fourth-order valence-electron chi connectivity index (χ4n) is 1.97. The van der Waals surface area contributed by atoms with E-state index in [0.717, 1.165) is 11.3 Å². The van der Waals surface area contributed by atoms with Gasteiger partial charge in [-0.05, 0) is 43.3 Å². The number of methoxy groups -OCH3 is 1. The van der Waals surface area contributed by atoms with Crippen molar-refractivity contribution in [1.82, 2.24) is 5.32 Å². The average molecular weight is 388 g/mol. The van der Waals surface area contributed by atoms with Crippen molar-refractivity contribution in [3.8, 4) is 5.75 Å². The van der Waals surface area contributed by atoms with Gasteiger partial charge in [-0.25, -0.2) is 0 Å². The minimum absolute atomic E-state index is 0.367. The van der Waals surface area contributed by atoms with E-state index in [1.54, 1.807) is 31.4 Å². The third-order valence-corrected chi connectivity index (χ3v) is 3.97. The summed E-state index contributed by atoms with van der Waals surface area (Å²) < 4.78 is 3.34. The number of halogens is 3. The van der Waals surface area contributed by atoms with Crippen LogP contribution in [0.3, 0.4) is 0 Å². The Morgan fingerprint density at radius 1 is 1.04 bits per heavy atom. The van der Waals surface area contributed by atoms with Crippen LogP contribution >= 0.6 is 34.8 Å². The molecule has 2 aromatic rings. The first-order chi connectivity index (χ1) is 11.3. The monoisotopic (exact) mass is 386 g/mol. The molecule has 0 unspecified atom stereocenters. The van der Waals surface area contributed by atoms with E-state index in [-0.39, 0.29) is 5.91 Å². The summed E-state index contributed by atoms with van der Waals surface area (Å²) in [5.74, 6) is 0.288. The fraction of sp³-hybridized carbons (Fsp3) is 0.235. The molecule has 2 N–H and O–H groups in total. The van der Waals surface area contributed by atoms with E-state index in [0.29, 0.717) is 11.3 Å². The fourth-order valence-corrected chi connectivity index (χ4v) is 2.30. The van der Waals surface area contributed by atoms with E-state index in [4.69, 9.17) is 39.5 Å². The second kappa shape index (κ2) is 7.97. The molecule has 0 aliphatic heterocycles. The van der Waals surface area contributed by atoms with Crippen LogP contribution in [0.5, 0.6) is 5.75 Å². The Hall–Kier alpha value is -1.62. The third-order valence-electron chi connectivity index (χ3n) is 3.32. The molecule has 1 amide bonds. The summed E-state index contributed by atoms with van der Waals surface area (Å²) in [5, 5.41) is 5.70. The van der Waals surface area contributed by atoms with Crippen LogP contribution in [0.15, 0.2) is 48.5 Å². The van der Waals surface area contributed by atoms with Crippen molar-refractivity contribution in [2.24, 2.45) is 0 Å². The number of carbonyl (C=O) groups is 1. The lowest BCUT2D eigenvalue weighted by molar-refractivity contribution is 0.0942. The van der Waals surface area contributed by atoms with Gasteiger partial charge in [-0.15, -0.1) is 0 Å². The number of aryl methyl sites for hydroxylation is 1. The molecule has 0 fully saturated rings. The van der Waals surface area contributed by atoms with Crippen LogP contribution in [0.4, 0.5) is 5.69 Å². The van der Waals surface area contributed by atoms with Crippen molar-refractivity contribution in [2.45, 2.75) is 16.9 Å². The van der Waals surface area contributed by atoms with Crippen LogP contribution in [0, 0.1) is 6.92 Å². The molecule has 0 saturated heterocycles. The standard InChI is InChI=1S/C17H17Cl3N2O2/c1-11-3-7-13(8-4-11)21-16(17(18,19)20)22-15(23)12-5-9-14(24-2)10-6-12/h3-10,16,21H,1-2H3,(H,22,23)/t16-/m1/s1. The quantitative estimate of drug-likeness (QED) is 0.585. The summed E-state index contributed by atoms with van der Waals surface area (Å²) >= 11 is 18.0. The largest absolute Gasteiger partial charge is 0.497 e. The van der Waals surface area contributed by atoms with E-state index in [1.165, 1.54) is 0 Å². The lowest BCUT2D eigenvalue weighted by Crippen LogP contribution is -2.49. The summed E-state index contributed by atoms with van der Waals surface area (Å²) in [7, 11) is 1.56. The molecule has 128 valence electrons. The highest BCUT2D eigenvalue weighted by molar-refractivity contribution is 6.68. The molecule has 0 aromatic heterocycles. The summed E-state index contributed by atoms with van der Waals surface area (Å²) in [6.07, 6.45) is -0.903. The zero-order chi connectivity index (χ0) is 17.7. The molecule has 2 rings (SSSR count). The maximum absolute atomic E-state index is 12.4. The molecule has 0 radical (unpaired) electrons. The van der Waals surface area contributed by atoms with Gasteiger partial charge in [-0.2, -0.15) is 0 Å². The number of alkyl halides is 3. The van der Waals surface area contributed by atoms with E-state index >= 15 is 0 Å². The van der Waals surface area contributed by atoms with E-state index < -0.39 is 9.96 Å². The molecule has 24 heavy (non-hydrogen) atoms. The molecule has 4 nitrogen and oxygen atoms in total. The predicted molar refractivity (Wildman–Crippen MR) is 99.3 cm³/mol. The number of carbonyl (C=O) groups excluding carboxylic acids is 1. The molecular weight excluding hydrogens is 371 g/mol. The van der Waals surface area contributed by atoms with Crippen LogP contribution in [-0.4, -0.2) is 23.0 Å². The number of amides is 1. The number of ether oxygens (including phenoxy) is 1. The van der Waals surface area contributed by atoms with E-state index in [9.17, 15) is 4.79 Å². The summed E-state index contributed by atoms with van der Waals surface area (Å²) in [6.45, 7) is 1.97. The van der Waals surface area contributed by atoms with Gasteiger partial charge in [0.1, 0.15) is 11.9 Å². The van der Waals surface area contributed by atoms with Crippen LogP contribution in [-0.2, 0) is 0 Å². The zero-order valence-corrected chi connectivity index (χ0v) is 15.4. The van der Waals surface area contributed by atoms with E-state index in [2.05, 4.69) is 10.6 Å². The predicted octanol–water partition coefficient (Wildman–Crippen LogP) is 4.54. The molecule has 7 heteroatoms. The van der Waals surface area contributed by atoms with Crippen molar-refractivity contribution in [3.63, 3.8) is 0 Å². The average Bonchev–Trinajstić information content (AvgIpc) is 2.55. The minimum Gasteiger partial charge on any atom is -0.497 e. The van der Waals surface area contributed by atoms with Crippen molar-refractivity contribution in [2.75, 3.05) is 12.4 Å². The minimum atomic E-state index is -1.73. The van der Waals surface area contributed by atoms with Gasteiger partial charge >= 0.3 is 0 Å². The lowest BCUT2D eigenvalue weighted by Gasteiger charge is -2.27. The lowest BCUT2D eigenvalue weighted by atomic mass is 10.2. The van der Waals surface area contributed by atoms with Gasteiger partial charge in [-0.3, -0.25) is 4.79 Å². The van der Waals surface area contributed by atoms with Gasteiger partial charge in [0.05, 0.1) is 7.11 Å². The molecule has 0 aliphatic carbocycles. The molecular formula is C17H17Cl3N2O2. The van der Waals surface area contributed by atoms with Crippen LogP contribution < -0.4 is 15.4 Å². The number of rotatable bonds is 5. The Bertz CT molecular complexity index is 682. The van der Waals surface area contributed by atoms with Gasteiger partial charge in [0.25, 0.3) is 5.91 Å². The second-order valence-electron chi connectivity index (χ2n) is 5.19. The SMILES string of the molecule is COc1ccc(C(=O)N[C@@H](Nc2ccc(C)cc2)C(Cl)(Cl)Cl)cc1. The van der Waals surface area contributed by atoms with Gasteiger partial charge in [-0.1, -0.05) is 52.5 Å². The number of hydrogen-bond donors (Lipinski definition) is 2. The van der Waals surface area contributed by atoms with E-state index in [1.807, 2.05) is 31.2 Å². The number of hydrogen-bond acceptors (Lipinski definition) is 3. The number of nitrogens with one attached hydrogen (secondary N) is 2. The van der Waals surface area contributed by atoms with Crippen molar-refractivity contribution in [3.05, 3.63) is 59.7 Å². The topological polar surface area (TPSA) is 50.4 Å². The van der Waals surface area contributed by atoms with Crippen LogP contribution in [0.25, 0.3) is 0 Å². The Morgan fingerprint density at radius 3 is 2.12 bits per heavy atom. The molecule has 0 heterocycles. The van der Waals surface area contributed by atoms with Gasteiger partial charge in [0.2, 0.25) is 3.79 Å². The summed E-state index contributed by atoms with van der Waals surface area (Å²) in [6, 6.07) is 14.2. The Labute approximate surface area is 156 Å². The van der Waals surface area contributed by atoms with Gasteiger partial charge in [0, 0.05) is 11.3 Å². The molecule has 0 aliphatic rings. The highest BCUT2D eigenvalue weighted by Crippen LogP contribution is 2.31. The first-order valence-corrected chi connectivity index (χ1v) is 8.28. The molecule has 0 spiro atoms. The first-order valence-electron chi connectivity index (χ1n) is 7.14. The van der Waals surface area contributed by atoms with Crippen molar-refractivity contribution in [1.29, 1.82) is 0 Å². The third kappa shape index (κ3) is 5.20. The first kappa shape index (κ1) is 18.7. The smallest absolute Gasteiger partial charge is 0.252 e. The molecule has 0 bridgehead atoms. The Kier molecular flexibility index (Phi) is 6.21. The van der Waals surface area contributed by atoms with Gasteiger partial charge in [0.15, 0.2) is 0 Å². The van der Waals surface area contributed by atoms with Crippen LogP contribution in [0.1, 0.15) is 15.9 Å². The molecule has 0 saturated carbocycles.